The topological polar surface area (TPSA) is 93.0 Å². The van der Waals surface area contributed by atoms with E-state index in [1.54, 1.807) is 19.1 Å². The number of hydrogen-bond acceptors (Lipinski definition) is 4. The van der Waals surface area contributed by atoms with E-state index in [0.29, 0.717) is 45.9 Å². The largest absolute Gasteiger partial charge is 0.493 e. The van der Waals surface area contributed by atoms with E-state index in [0.717, 1.165) is 22.2 Å². The second kappa shape index (κ2) is 7.69. The molecule has 3 heterocycles. The number of aromatic nitrogens is 3. The third-order valence-corrected chi connectivity index (χ3v) is 5.95. The monoisotopic (exact) mass is 445 g/mol. The number of aromatic amines is 2. The van der Waals surface area contributed by atoms with Gasteiger partial charge in [-0.1, -0.05) is 26.0 Å². The molecule has 0 amide bonds. The number of H-pyrrole nitrogens is 2. The molecule has 0 spiro atoms. The van der Waals surface area contributed by atoms with Crippen LogP contribution < -0.4 is 15.7 Å². The minimum absolute atomic E-state index is 0.0386. The Morgan fingerprint density at radius 2 is 1.73 bits per heavy atom. The number of ether oxygens (including phenoxy) is 1. The number of nitrogens with one attached hydrogen (secondary N) is 2. The third kappa shape index (κ3) is 3.35. The first kappa shape index (κ1) is 21.1. The first-order valence-electron chi connectivity index (χ1n) is 11.2. The van der Waals surface area contributed by atoms with Crippen LogP contribution in [0.2, 0.25) is 0 Å². The van der Waals surface area contributed by atoms with E-state index < -0.39 is 0 Å². The Morgan fingerprint density at radius 1 is 1.00 bits per heavy atom. The van der Waals surface area contributed by atoms with Crippen LogP contribution >= 0.6 is 0 Å². The molecule has 0 bridgehead atoms. The maximum Gasteiger partial charge on any atom is 0.274 e. The molecule has 0 aliphatic rings. The van der Waals surface area contributed by atoms with Gasteiger partial charge < -0.3 is 14.1 Å². The molecule has 5 aromatic rings. The fourth-order valence-corrected chi connectivity index (χ4v) is 4.26. The van der Waals surface area contributed by atoms with Crippen molar-refractivity contribution in [3.05, 3.63) is 62.5 Å². The van der Waals surface area contributed by atoms with Gasteiger partial charge in [-0.25, -0.2) is 0 Å². The number of rotatable bonds is 5. The summed E-state index contributed by atoms with van der Waals surface area (Å²) in [6, 6.07) is 11.1. The fourth-order valence-electron chi connectivity index (χ4n) is 4.26. The van der Waals surface area contributed by atoms with Gasteiger partial charge in [-0.15, -0.1) is 0 Å². The average molecular weight is 446 g/mol. The van der Waals surface area contributed by atoms with E-state index >= 15 is 0 Å². The zero-order valence-electron chi connectivity index (χ0n) is 19.4. The molecule has 0 radical (unpaired) electrons. The zero-order valence-corrected chi connectivity index (χ0v) is 19.4. The Labute approximate surface area is 190 Å². The van der Waals surface area contributed by atoms with Crippen molar-refractivity contribution in [2.75, 3.05) is 6.61 Å². The first-order chi connectivity index (χ1) is 15.8. The second-order valence-electron chi connectivity index (χ2n) is 9.23. The summed E-state index contributed by atoms with van der Waals surface area (Å²) in [5.74, 6) is 1.19. The maximum absolute atomic E-state index is 13.1. The van der Waals surface area contributed by atoms with Crippen LogP contribution in [0.1, 0.15) is 39.3 Å². The molecule has 7 nitrogen and oxygen atoms in total. The molecule has 2 aromatic carbocycles. The van der Waals surface area contributed by atoms with Crippen molar-refractivity contribution in [3.8, 4) is 16.9 Å². The van der Waals surface area contributed by atoms with Gasteiger partial charge in [0.2, 0.25) is 0 Å². The number of pyridine rings is 1. The number of hydrogen-bond donors (Lipinski definition) is 2. The predicted octanol–water partition coefficient (Wildman–Crippen LogP) is 5.51. The van der Waals surface area contributed by atoms with Crippen molar-refractivity contribution in [2.45, 2.75) is 40.7 Å². The molecule has 7 heteroatoms. The molecule has 2 N–H and O–H groups in total. The summed E-state index contributed by atoms with van der Waals surface area (Å²) in [6.07, 6.45) is 0. The Kier molecular flexibility index (Phi) is 4.92. The summed E-state index contributed by atoms with van der Waals surface area (Å²) in [7, 11) is 0. The fraction of sp³-hybridized carbons (Fsp3) is 0.308. The van der Waals surface area contributed by atoms with Crippen molar-refractivity contribution in [3.63, 3.8) is 0 Å². The highest BCUT2D eigenvalue weighted by Crippen LogP contribution is 2.39. The molecule has 170 valence electrons. The highest BCUT2D eigenvalue weighted by molar-refractivity contribution is 6.14. The summed E-state index contributed by atoms with van der Waals surface area (Å²) in [6.45, 7) is 10.6. The van der Waals surface area contributed by atoms with Crippen LogP contribution in [-0.4, -0.2) is 21.4 Å². The summed E-state index contributed by atoms with van der Waals surface area (Å²) >= 11 is 0. The molecule has 0 atom stereocenters. The predicted molar refractivity (Wildman–Crippen MR) is 131 cm³/mol. The number of nitrogens with zero attached hydrogens (tertiary/aromatic N) is 1. The lowest BCUT2D eigenvalue weighted by Crippen LogP contribution is -2.07. The van der Waals surface area contributed by atoms with E-state index in [4.69, 9.17) is 9.15 Å². The Balaban J connectivity index is 1.86. The van der Waals surface area contributed by atoms with Gasteiger partial charge in [0.05, 0.1) is 17.5 Å². The molecule has 0 saturated carbocycles. The number of furan rings is 1. The van der Waals surface area contributed by atoms with Crippen LogP contribution in [0, 0.1) is 12.8 Å². The number of fused-ring (bicyclic) bond motifs is 4. The quantitative estimate of drug-likeness (QED) is 0.373. The van der Waals surface area contributed by atoms with Crippen LogP contribution in [0.5, 0.6) is 5.75 Å². The van der Waals surface area contributed by atoms with Crippen LogP contribution in [0.25, 0.3) is 44.2 Å². The molecule has 0 aliphatic carbocycles. The SMILES string of the molecule is Cc1c(=O)ccc2c1oc1c(-c3ccc(OCC(C)C)cc3)c3c(=O)[nH]n(C(C)C)c3[nH]c12. The van der Waals surface area contributed by atoms with Crippen molar-refractivity contribution in [1.82, 2.24) is 14.8 Å². The summed E-state index contributed by atoms with van der Waals surface area (Å²) in [5.41, 5.74) is 4.32. The van der Waals surface area contributed by atoms with E-state index in [2.05, 4.69) is 23.9 Å². The number of benzene rings is 2. The van der Waals surface area contributed by atoms with E-state index in [9.17, 15) is 9.59 Å². The van der Waals surface area contributed by atoms with Gasteiger partial charge >= 0.3 is 0 Å². The smallest absolute Gasteiger partial charge is 0.274 e. The van der Waals surface area contributed by atoms with Crippen LogP contribution in [0.15, 0.2) is 50.4 Å². The Bertz CT molecular complexity index is 1610. The third-order valence-electron chi connectivity index (χ3n) is 5.95. The lowest BCUT2D eigenvalue weighted by Gasteiger charge is -2.11. The van der Waals surface area contributed by atoms with E-state index in [1.165, 1.54) is 0 Å². The van der Waals surface area contributed by atoms with Crippen molar-refractivity contribution in [1.29, 1.82) is 0 Å². The van der Waals surface area contributed by atoms with E-state index in [1.807, 2.05) is 42.8 Å². The first-order valence-corrected chi connectivity index (χ1v) is 11.2. The van der Waals surface area contributed by atoms with Gasteiger partial charge in [-0.05, 0) is 56.5 Å². The Morgan fingerprint density at radius 3 is 2.39 bits per heavy atom. The van der Waals surface area contributed by atoms with Gasteiger partial charge in [0.1, 0.15) is 17.0 Å². The lowest BCUT2D eigenvalue weighted by atomic mass is 10.0. The summed E-state index contributed by atoms with van der Waals surface area (Å²) < 4.78 is 13.9. The normalized spacial score (nSPS) is 12.1. The van der Waals surface area contributed by atoms with Crippen LogP contribution in [0.3, 0.4) is 0 Å². The summed E-state index contributed by atoms with van der Waals surface area (Å²) in [5, 5.41) is 4.28. The second-order valence-corrected chi connectivity index (χ2v) is 9.23. The van der Waals surface area contributed by atoms with E-state index in [-0.39, 0.29) is 17.0 Å². The van der Waals surface area contributed by atoms with Gasteiger partial charge in [-0.3, -0.25) is 19.4 Å². The van der Waals surface area contributed by atoms with Gasteiger partial charge in [0.25, 0.3) is 5.56 Å². The highest BCUT2D eigenvalue weighted by Gasteiger charge is 2.23. The molecule has 0 unspecified atom stereocenters. The Hall–Kier alpha value is -3.74. The van der Waals surface area contributed by atoms with Crippen molar-refractivity contribution < 1.29 is 9.15 Å². The molecular weight excluding hydrogens is 418 g/mol. The molecule has 5 rings (SSSR count). The molecule has 0 fully saturated rings. The lowest BCUT2D eigenvalue weighted by molar-refractivity contribution is 0.271. The minimum Gasteiger partial charge on any atom is -0.493 e. The average Bonchev–Trinajstić information content (AvgIpc) is 3.32. The molecule has 33 heavy (non-hydrogen) atoms. The molecule has 0 saturated heterocycles. The van der Waals surface area contributed by atoms with Crippen molar-refractivity contribution >= 4 is 33.1 Å². The van der Waals surface area contributed by atoms with Crippen LogP contribution in [0.4, 0.5) is 0 Å². The van der Waals surface area contributed by atoms with Gasteiger partial charge in [0.15, 0.2) is 11.0 Å². The summed E-state index contributed by atoms with van der Waals surface area (Å²) in [4.78, 5) is 28.8. The van der Waals surface area contributed by atoms with Crippen LogP contribution in [-0.2, 0) is 0 Å². The van der Waals surface area contributed by atoms with Gasteiger partial charge in [-0.2, -0.15) is 0 Å². The van der Waals surface area contributed by atoms with Gasteiger partial charge in [0, 0.05) is 22.6 Å². The zero-order chi connectivity index (χ0) is 23.4. The molecular formula is C26H27N3O4. The highest BCUT2D eigenvalue weighted by atomic mass is 16.5. The molecule has 3 aromatic heterocycles. The minimum atomic E-state index is -0.200. The maximum atomic E-state index is 13.1. The van der Waals surface area contributed by atoms with Crippen molar-refractivity contribution in [2.24, 2.45) is 5.92 Å². The number of aryl methyl sites for hydroxylation is 1. The molecule has 0 aliphatic heterocycles. The standard InChI is InChI=1S/C26H27N3O4/c1-13(2)12-32-17-8-6-16(7-9-17)20-21-25(29(14(3)4)28-26(21)31)27-22-18-10-11-19(30)15(5)23(18)33-24(20)22/h6-11,13-14,27H,12H2,1-5H3,(H,28,31).